The van der Waals surface area contributed by atoms with Crippen LogP contribution in [0.3, 0.4) is 0 Å². The van der Waals surface area contributed by atoms with Crippen molar-refractivity contribution in [1.82, 2.24) is 10.0 Å². The van der Waals surface area contributed by atoms with Gasteiger partial charge in [0.05, 0.1) is 57.3 Å². The molecule has 2 aliphatic heterocycles. The van der Waals surface area contributed by atoms with Crippen LogP contribution in [0.25, 0.3) is 0 Å². The molecular formula is C35H48N2O8Si. The second kappa shape index (κ2) is 14.2. The zero-order chi connectivity index (χ0) is 33.9. The lowest BCUT2D eigenvalue weighted by atomic mass is 9.89. The molecule has 2 heterocycles. The van der Waals surface area contributed by atoms with E-state index in [4.69, 9.17) is 23.4 Å². The SMILES string of the molecule is COC(=O)C1=C(C(=O)OC)C(C)(C)N2[C@H]([C@H](OCc3ccccc3)[C@@H](COCc3ccccc3)O[Si](C)(C)C(C)(C)C)CC(=O)N12. The molecule has 0 unspecified atom stereocenters. The molecule has 0 aliphatic carbocycles. The molecule has 46 heavy (non-hydrogen) atoms. The molecule has 0 spiro atoms. The number of rotatable bonds is 13. The van der Waals surface area contributed by atoms with Gasteiger partial charge in [-0.15, -0.1) is 0 Å². The summed E-state index contributed by atoms with van der Waals surface area (Å²) >= 11 is 0. The molecule has 0 radical (unpaired) electrons. The predicted molar refractivity (Wildman–Crippen MR) is 175 cm³/mol. The lowest BCUT2D eigenvalue weighted by molar-refractivity contribution is -0.155. The minimum absolute atomic E-state index is 0.0217. The highest BCUT2D eigenvalue weighted by Gasteiger charge is 2.61. The quantitative estimate of drug-likeness (QED) is 0.208. The Labute approximate surface area is 273 Å². The van der Waals surface area contributed by atoms with E-state index in [0.29, 0.717) is 6.61 Å². The molecule has 0 N–H and O–H groups in total. The first-order valence-electron chi connectivity index (χ1n) is 15.6. The summed E-state index contributed by atoms with van der Waals surface area (Å²) in [6, 6.07) is 19.1. The summed E-state index contributed by atoms with van der Waals surface area (Å²) in [6.07, 6.45) is -1.27. The first-order chi connectivity index (χ1) is 21.6. The molecule has 3 atom stereocenters. The van der Waals surface area contributed by atoms with Crippen LogP contribution in [0.1, 0.15) is 52.2 Å². The Morgan fingerprint density at radius 1 is 0.913 bits per heavy atom. The van der Waals surface area contributed by atoms with E-state index in [2.05, 4.69) is 33.9 Å². The minimum atomic E-state index is -2.42. The highest BCUT2D eigenvalue weighted by molar-refractivity contribution is 6.74. The molecule has 1 fully saturated rings. The molecule has 2 aromatic carbocycles. The normalized spacial score (nSPS) is 19.6. The number of amides is 1. The number of carbonyl (C=O) groups excluding carboxylic acids is 3. The van der Waals surface area contributed by atoms with Crippen molar-refractivity contribution >= 4 is 26.2 Å². The number of ether oxygens (including phenoxy) is 4. The topological polar surface area (TPSA) is 104 Å². The molecule has 1 amide bonds. The van der Waals surface area contributed by atoms with Crippen LogP contribution in [0.2, 0.25) is 18.1 Å². The molecule has 0 saturated carbocycles. The Balaban J connectivity index is 1.79. The lowest BCUT2D eigenvalue weighted by Gasteiger charge is -2.45. The van der Waals surface area contributed by atoms with Crippen molar-refractivity contribution in [2.45, 2.75) is 96.2 Å². The lowest BCUT2D eigenvalue weighted by Crippen LogP contribution is -2.59. The first kappa shape index (κ1) is 35.5. The van der Waals surface area contributed by atoms with E-state index in [1.54, 1.807) is 18.9 Å². The number of fused-ring (bicyclic) bond motifs is 1. The first-order valence-corrected chi connectivity index (χ1v) is 18.5. The number of hydrogen-bond acceptors (Lipinski definition) is 9. The van der Waals surface area contributed by atoms with Gasteiger partial charge in [-0.3, -0.25) is 4.79 Å². The number of carbonyl (C=O) groups is 3. The van der Waals surface area contributed by atoms with Crippen molar-refractivity contribution in [2.75, 3.05) is 20.8 Å². The Morgan fingerprint density at radius 2 is 1.46 bits per heavy atom. The van der Waals surface area contributed by atoms with Crippen LogP contribution in [0.15, 0.2) is 71.9 Å². The minimum Gasteiger partial charge on any atom is -0.466 e. The highest BCUT2D eigenvalue weighted by Crippen LogP contribution is 2.47. The zero-order valence-electron chi connectivity index (χ0n) is 28.5. The number of esters is 2. The summed E-state index contributed by atoms with van der Waals surface area (Å²) in [5.41, 5.74) is 0.746. The highest BCUT2D eigenvalue weighted by atomic mass is 28.4. The van der Waals surface area contributed by atoms with Crippen LogP contribution in [0.4, 0.5) is 0 Å². The van der Waals surface area contributed by atoms with Crippen LogP contribution in [0, 0.1) is 0 Å². The average molecular weight is 653 g/mol. The fraction of sp³-hybridized carbons (Fsp3) is 0.514. The average Bonchev–Trinajstić information content (AvgIpc) is 3.48. The second-order valence-electron chi connectivity index (χ2n) is 13.8. The molecular weight excluding hydrogens is 604 g/mol. The number of benzene rings is 2. The van der Waals surface area contributed by atoms with Gasteiger partial charge in [-0.1, -0.05) is 81.4 Å². The van der Waals surface area contributed by atoms with Crippen molar-refractivity contribution in [3.63, 3.8) is 0 Å². The van der Waals surface area contributed by atoms with Crippen LogP contribution in [0.5, 0.6) is 0 Å². The monoisotopic (exact) mass is 652 g/mol. The smallest absolute Gasteiger partial charge is 0.356 e. The third-order valence-electron chi connectivity index (χ3n) is 9.23. The van der Waals surface area contributed by atoms with Gasteiger partial charge in [0.15, 0.2) is 14.0 Å². The number of methoxy groups -OCH3 is 2. The van der Waals surface area contributed by atoms with Gasteiger partial charge < -0.3 is 23.4 Å². The van der Waals surface area contributed by atoms with Gasteiger partial charge in [-0.05, 0) is 43.1 Å². The van der Waals surface area contributed by atoms with E-state index >= 15 is 0 Å². The summed E-state index contributed by atoms with van der Waals surface area (Å²) in [5.74, 6) is -1.87. The third-order valence-corrected chi connectivity index (χ3v) is 13.7. The third kappa shape index (κ3) is 7.29. The number of nitrogens with zero attached hydrogens (tertiary/aromatic N) is 2. The van der Waals surface area contributed by atoms with E-state index in [9.17, 15) is 14.4 Å². The van der Waals surface area contributed by atoms with Gasteiger partial charge in [-0.2, -0.15) is 5.01 Å². The summed E-state index contributed by atoms with van der Waals surface area (Å²) in [5, 5.41) is 2.91. The molecule has 0 aromatic heterocycles. The van der Waals surface area contributed by atoms with Crippen molar-refractivity contribution in [3.05, 3.63) is 83.1 Å². The predicted octanol–water partition coefficient (Wildman–Crippen LogP) is 5.39. The van der Waals surface area contributed by atoms with Crippen molar-refractivity contribution in [2.24, 2.45) is 0 Å². The van der Waals surface area contributed by atoms with Gasteiger partial charge in [0.2, 0.25) is 5.91 Å². The van der Waals surface area contributed by atoms with Gasteiger partial charge in [0.1, 0.15) is 6.10 Å². The number of hydrogen-bond donors (Lipinski definition) is 0. The maximum absolute atomic E-state index is 13.9. The molecule has 1 saturated heterocycles. The fourth-order valence-corrected chi connectivity index (χ4v) is 7.18. The van der Waals surface area contributed by atoms with Crippen LogP contribution in [-0.4, -0.2) is 80.8 Å². The molecule has 2 aromatic rings. The summed E-state index contributed by atoms with van der Waals surface area (Å²) < 4.78 is 30.3. The molecule has 0 bridgehead atoms. The molecule has 2 aliphatic rings. The van der Waals surface area contributed by atoms with Crippen molar-refractivity contribution in [3.8, 4) is 0 Å². The van der Waals surface area contributed by atoms with Crippen LogP contribution in [-0.2, 0) is 51.0 Å². The van der Waals surface area contributed by atoms with Crippen molar-refractivity contribution in [1.29, 1.82) is 0 Å². The fourth-order valence-electron chi connectivity index (χ4n) is 5.87. The van der Waals surface area contributed by atoms with E-state index in [1.165, 1.54) is 19.2 Å². The summed E-state index contributed by atoms with van der Waals surface area (Å²) in [7, 11) is 0.0508. The van der Waals surface area contributed by atoms with Gasteiger partial charge in [0.25, 0.3) is 0 Å². The summed E-state index contributed by atoms with van der Waals surface area (Å²) in [6.45, 7) is 15.2. The van der Waals surface area contributed by atoms with E-state index in [0.717, 1.165) is 11.1 Å². The molecule has 11 heteroatoms. The van der Waals surface area contributed by atoms with Crippen LogP contribution >= 0.6 is 0 Å². The Morgan fingerprint density at radius 3 is 1.98 bits per heavy atom. The van der Waals surface area contributed by atoms with Gasteiger partial charge in [-0.25, -0.2) is 14.6 Å². The Bertz CT molecular complexity index is 1420. The second-order valence-corrected chi connectivity index (χ2v) is 18.5. The Hall–Kier alpha value is -3.35. The van der Waals surface area contributed by atoms with Crippen molar-refractivity contribution < 1.29 is 37.8 Å². The maximum atomic E-state index is 13.9. The molecule has 10 nitrogen and oxygen atoms in total. The van der Waals surface area contributed by atoms with Gasteiger partial charge >= 0.3 is 11.9 Å². The zero-order valence-corrected chi connectivity index (χ0v) is 29.5. The maximum Gasteiger partial charge on any atom is 0.356 e. The standard InChI is InChI=1S/C35H48N2O8Si/c1-34(2,3)46(8,9)45-27(23-43-21-24-16-12-10-13-17-24)31(44-22-25-18-14-11-15-19-25)26-20-28(38)36-30(33(40)42-7)29(32(39)41-6)35(4,5)37(26)36/h10-19,26-27,31H,20-23H2,1-9H3/t26-,27+,31-/m0/s1. The molecule has 4 rings (SSSR count). The largest absolute Gasteiger partial charge is 0.466 e. The Kier molecular flexibility index (Phi) is 10.9. The van der Waals surface area contributed by atoms with Crippen LogP contribution < -0.4 is 0 Å². The number of hydrazine groups is 1. The van der Waals surface area contributed by atoms with E-state index < -0.39 is 44.0 Å². The van der Waals surface area contributed by atoms with Gasteiger partial charge in [0, 0.05) is 6.42 Å². The molecule has 250 valence electrons. The van der Waals surface area contributed by atoms with E-state index in [-0.39, 0.29) is 41.9 Å². The van der Waals surface area contributed by atoms with E-state index in [1.807, 2.05) is 60.7 Å². The summed E-state index contributed by atoms with van der Waals surface area (Å²) in [4.78, 5) is 40.2.